The third kappa shape index (κ3) is 3.87. The van der Waals surface area contributed by atoms with E-state index < -0.39 is 0 Å². The Balaban J connectivity index is 1.41. The van der Waals surface area contributed by atoms with Crippen LogP contribution in [0.25, 0.3) is 15.7 Å². The number of allylic oxidation sites excluding steroid dienone is 1. The van der Waals surface area contributed by atoms with Gasteiger partial charge in [0.2, 0.25) is 0 Å². The fourth-order valence-corrected chi connectivity index (χ4v) is 5.64. The normalized spacial score (nSPS) is 20.0. The zero-order valence-electron chi connectivity index (χ0n) is 16.6. The molecule has 4 heteroatoms. The molecule has 1 aromatic heterocycles. The minimum absolute atomic E-state index is 0.0627. The molecule has 1 unspecified atom stereocenters. The summed E-state index contributed by atoms with van der Waals surface area (Å²) in [5, 5.41) is 6.61. The van der Waals surface area contributed by atoms with E-state index in [1.54, 1.807) is 11.3 Å². The van der Waals surface area contributed by atoms with Crippen molar-refractivity contribution in [2.45, 2.75) is 38.1 Å². The summed E-state index contributed by atoms with van der Waals surface area (Å²) in [5.74, 6) is -0.0627. The predicted molar refractivity (Wildman–Crippen MR) is 123 cm³/mol. The number of nitrogens with zero attached hydrogens (tertiary/aromatic N) is 1. The SMILES string of the molecule is O=C(Nc1ccc2scc(C3=CCN4CCCCC4CC3)c2c1)c1ccccc1. The lowest BCUT2D eigenvalue weighted by Crippen LogP contribution is -2.38. The van der Waals surface area contributed by atoms with Crippen LogP contribution in [0.1, 0.15) is 48.0 Å². The van der Waals surface area contributed by atoms with E-state index in [0.717, 1.165) is 24.7 Å². The van der Waals surface area contributed by atoms with E-state index in [-0.39, 0.29) is 5.91 Å². The van der Waals surface area contributed by atoms with E-state index in [4.69, 9.17) is 0 Å². The van der Waals surface area contributed by atoms with Crippen molar-refractivity contribution in [1.82, 2.24) is 4.90 Å². The number of nitrogens with one attached hydrogen (secondary N) is 1. The number of rotatable bonds is 3. The standard InChI is InChI=1S/C25H26N2OS/c28-25(19-6-2-1-3-7-19)26-20-10-12-24-22(16-20)23(17-29-24)18-9-11-21-8-4-5-14-27(21)15-13-18/h1-3,6-7,10,12-13,16-17,21H,4-5,8-9,11,14-15H2,(H,26,28). The van der Waals surface area contributed by atoms with Gasteiger partial charge < -0.3 is 5.32 Å². The number of hydrogen-bond donors (Lipinski definition) is 1. The van der Waals surface area contributed by atoms with Crippen molar-refractivity contribution in [2.24, 2.45) is 0 Å². The minimum Gasteiger partial charge on any atom is -0.322 e. The lowest BCUT2D eigenvalue weighted by molar-refractivity contribution is 0.102. The van der Waals surface area contributed by atoms with Gasteiger partial charge in [-0.15, -0.1) is 11.3 Å². The lowest BCUT2D eigenvalue weighted by Gasteiger charge is -2.33. The van der Waals surface area contributed by atoms with Crippen molar-refractivity contribution in [3.05, 3.63) is 71.1 Å². The molecule has 2 aliphatic heterocycles. The maximum atomic E-state index is 12.5. The van der Waals surface area contributed by atoms with Crippen molar-refractivity contribution in [3.8, 4) is 0 Å². The smallest absolute Gasteiger partial charge is 0.255 e. The lowest BCUT2D eigenvalue weighted by atomic mass is 9.95. The second-order valence-corrected chi connectivity index (χ2v) is 9.00. The summed E-state index contributed by atoms with van der Waals surface area (Å²) in [4.78, 5) is 15.2. The summed E-state index contributed by atoms with van der Waals surface area (Å²) in [6.45, 7) is 2.32. The topological polar surface area (TPSA) is 32.3 Å². The molecule has 1 fully saturated rings. The molecule has 3 nitrogen and oxygen atoms in total. The first kappa shape index (κ1) is 18.6. The van der Waals surface area contributed by atoms with Gasteiger partial charge in [0.15, 0.2) is 0 Å². The van der Waals surface area contributed by atoms with Crippen LogP contribution in [0.2, 0.25) is 0 Å². The van der Waals surface area contributed by atoms with Gasteiger partial charge in [0.25, 0.3) is 5.91 Å². The number of carbonyl (C=O) groups is 1. The first-order valence-corrected chi connectivity index (χ1v) is 11.5. The zero-order valence-corrected chi connectivity index (χ0v) is 17.4. The first-order chi connectivity index (χ1) is 14.3. The summed E-state index contributed by atoms with van der Waals surface area (Å²) in [6, 6.07) is 16.4. The molecular weight excluding hydrogens is 376 g/mol. The average Bonchev–Trinajstić information content (AvgIpc) is 3.06. The molecule has 29 heavy (non-hydrogen) atoms. The van der Waals surface area contributed by atoms with Crippen LogP contribution in [-0.2, 0) is 0 Å². The van der Waals surface area contributed by atoms with E-state index in [1.165, 1.54) is 53.5 Å². The Morgan fingerprint density at radius 1 is 1.07 bits per heavy atom. The second-order valence-electron chi connectivity index (χ2n) is 8.09. The molecule has 0 saturated carbocycles. The first-order valence-electron chi connectivity index (χ1n) is 10.6. The van der Waals surface area contributed by atoms with Gasteiger partial charge >= 0.3 is 0 Å². The van der Waals surface area contributed by atoms with Crippen molar-refractivity contribution < 1.29 is 4.79 Å². The number of amides is 1. The molecule has 3 heterocycles. The molecule has 1 amide bonds. The van der Waals surface area contributed by atoms with Crippen LogP contribution >= 0.6 is 11.3 Å². The van der Waals surface area contributed by atoms with Gasteiger partial charge in [-0.25, -0.2) is 0 Å². The molecule has 0 bridgehead atoms. The van der Waals surface area contributed by atoms with Crippen LogP contribution < -0.4 is 5.32 Å². The van der Waals surface area contributed by atoms with Gasteiger partial charge in [-0.2, -0.15) is 0 Å². The van der Waals surface area contributed by atoms with Crippen LogP contribution in [0.5, 0.6) is 0 Å². The van der Waals surface area contributed by atoms with Gasteiger partial charge in [-0.1, -0.05) is 30.7 Å². The molecule has 5 rings (SSSR count). The fourth-order valence-electron chi connectivity index (χ4n) is 4.67. The number of carbonyl (C=O) groups excluding carboxylic acids is 1. The van der Waals surface area contributed by atoms with Crippen molar-refractivity contribution >= 4 is 38.6 Å². The number of anilines is 1. The molecular formula is C25H26N2OS. The van der Waals surface area contributed by atoms with Crippen molar-refractivity contribution in [3.63, 3.8) is 0 Å². The molecule has 1 saturated heterocycles. The highest BCUT2D eigenvalue weighted by molar-refractivity contribution is 7.17. The maximum Gasteiger partial charge on any atom is 0.255 e. The van der Waals surface area contributed by atoms with Gasteiger partial charge in [0.1, 0.15) is 0 Å². The molecule has 148 valence electrons. The third-order valence-corrected chi connectivity index (χ3v) is 7.24. The van der Waals surface area contributed by atoms with Gasteiger partial charge in [-0.05, 0) is 79.1 Å². The Morgan fingerprint density at radius 3 is 2.86 bits per heavy atom. The maximum absolute atomic E-state index is 12.5. The highest BCUT2D eigenvalue weighted by Crippen LogP contribution is 2.37. The minimum atomic E-state index is -0.0627. The van der Waals surface area contributed by atoms with Crippen molar-refractivity contribution in [1.29, 1.82) is 0 Å². The molecule has 0 spiro atoms. The number of hydrogen-bond acceptors (Lipinski definition) is 3. The summed E-state index contributed by atoms with van der Waals surface area (Å²) in [7, 11) is 0. The molecule has 1 atom stereocenters. The van der Waals surface area contributed by atoms with Crippen LogP contribution in [0.4, 0.5) is 5.69 Å². The molecule has 0 aliphatic carbocycles. The zero-order chi connectivity index (χ0) is 19.6. The van der Waals surface area contributed by atoms with Gasteiger partial charge in [-0.3, -0.25) is 9.69 Å². The van der Waals surface area contributed by atoms with Gasteiger partial charge in [0, 0.05) is 33.9 Å². The highest BCUT2D eigenvalue weighted by Gasteiger charge is 2.24. The average molecular weight is 403 g/mol. The largest absolute Gasteiger partial charge is 0.322 e. The van der Waals surface area contributed by atoms with E-state index in [0.29, 0.717) is 5.56 Å². The van der Waals surface area contributed by atoms with Crippen LogP contribution in [0, 0.1) is 0 Å². The molecule has 1 N–H and O–H groups in total. The third-order valence-electron chi connectivity index (χ3n) is 6.28. The number of piperidine rings is 1. The van der Waals surface area contributed by atoms with Crippen molar-refractivity contribution in [2.75, 3.05) is 18.4 Å². The fraction of sp³-hybridized carbons (Fsp3) is 0.320. The number of thiophene rings is 1. The van der Waals surface area contributed by atoms with Crippen LogP contribution in [-0.4, -0.2) is 29.9 Å². The van der Waals surface area contributed by atoms with E-state index in [9.17, 15) is 4.79 Å². The molecule has 2 aromatic carbocycles. The Kier molecular flexibility index (Phi) is 5.21. The van der Waals surface area contributed by atoms with E-state index in [2.05, 4.69) is 33.8 Å². The monoisotopic (exact) mass is 402 g/mol. The number of fused-ring (bicyclic) bond motifs is 2. The summed E-state index contributed by atoms with van der Waals surface area (Å²) >= 11 is 1.80. The van der Waals surface area contributed by atoms with E-state index in [1.807, 2.05) is 36.4 Å². The Hall–Kier alpha value is -2.43. The van der Waals surface area contributed by atoms with Gasteiger partial charge in [0.05, 0.1) is 0 Å². The second kappa shape index (κ2) is 8.13. The summed E-state index contributed by atoms with van der Waals surface area (Å²) in [5.41, 5.74) is 4.36. The quantitative estimate of drug-likeness (QED) is 0.567. The summed E-state index contributed by atoms with van der Waals surface area (Å²) in [6.07, 6.45) is 8.91. The Bertz CT molecular complexity index is 1050. The van der Waals surface area contributed by atoms with Crippen LogP contribution in [0.15, 0.2) is 60.0 Å². The Labute approximate surface area is 176 Å². The summed E-state index contributed by atoms with van der Waals surface area (Å²) < 4.78 is 1.28. The molecule has 0 radical (unpaired) electrons. The molecule has 2 aliphatic rings. The highest BCUT2D eigenvalue weighted by atomic mass is 32.1. The van der Waals surface area contributed by atoms with E-state index >= 15 is 0 Å². The van der Waals surface area contributed by atoms with Crippen LogP contribution in [0.3, 0.4) is 0 Å². The molecule has 3 aromatic rings. The predicted octanol–water partition coefficient (Wildman–Crippen LogP) is 6.19. The Morgan fingerprint density at radius 2 is 1.97 bits per heavy atom. The number of benzene rings is 2.